The zero-order chi connectivity index (χ0) is 24.9. The van der Waals surface area contributed by atoms with Gasteiger partial charge in [-0.25, -0.2) is 12.4 Å². The number of likely N-dealkylation sites (N-methyl/N-ethyl adjacent to an activating group) is 1. The van der Waals surface area contributed by atoms with Crippen LogP contribution in [-0.2, 0) is 27.3 Å². The van der Waals surface area contributed by atoms with Crippen molar-refractivity contribution >= 4 is 55.1 Å². The van der Waals surface area contributed by atoms with Crippen molar-refractivity contribution in [1.29, 1.82) is 0 Å². The van der Waals surface area contributed by atoms with Crippen LogP contribution in [0.15, 0.2) is 70.5 Å². The molecule has 0 N–H and O–H groups in total. The number of aromatic nitrogens is 2. The Bertz CT molecular complexity index is 1740. The second-order valence-corrected chi connectivity index (χ2v) is 12.3. The lowest BCUT2D eigenvalue weighted by molar-refractivity contribution is -0.120. The molecule has 1 aliphatic carbocycles. The molecule has 1 aliphatic heterocycles. The molecular formula is C26H22IN3O4S. The topological polar surface area (TPSA) is 81.4 Å². The Morgan fingerprint density at radius 2 is 1.71 bits per heavy atom. The summed E-state index contributed by atoms with van der Waals surface area (Å²) in [6.07, 6.45) is 2.38. The van der Waals surface area contributed by atoms with Gasteiger partial charge in [0, 0.05) is 37.3 Å². The highest BCUT2D eigenvalue weighted by atomic mass is 127. The number of nitrogens with zero attached hydrogens (tertiary/aromatic N) is 3. The van der Waals surface area contributed by atoms with Crippen LogP contribution in [0.3, 0.4) is 0 Å². The SMILES string of the molecule is Cc1ccc(S(=O)(=O)n2c(I)cc3c([C@@H]4C[C@@]45C(=O)N(C)c4ccccc45)cn(C)c(=O)c32)cc1. The van der Waals surface area contributed by atoms with Crippen LogP contribution in [-0.4, -0.2) is 29.9 Å². The number of benzene rings is 2. The predicted octanol–water partition coefficient (Wildman–Crippen LogP) is 3.89. The van der Waals surface area contributed by atoms with Gasteiger partial charge in [-0.15, -0.1) is 0 Å². The number of fused-ring (bicyclic) bond motifs is 3. The molecule has 3 heterocycles. The van der Waals surface area contributed by atoms with Crippen molar-refractivity contribution in [3.8, 4) is 0 Å². The van der Waals surface area contributed by atoms with Gasteiger partial charge in [0.25, 0.3) is 15.6 Å². The molecule has 0 bridgehead atoms. The zero-order valence-corrected chi connectivity index (χ0v) is 22.3. The van der Waals surface area contributed by atoms with Crippen LogP contribution in [0.4, 0.5) is 5.69 Å². The molecule has 6 rings (SSSR count). The maximum absolute atomic E-state index is 13.7. The number of rotatable bonds is 3. The van der Waals surface area contributed by atoms with Gasteiger partial charge in [-0.05, 0) is 71.3 Å². The monoisotopic (exact) mass is 599 g/mol. The molecule has 0 unspecified atom stereocenters. The second-order valence-electron chi connectivity index (χ2n) is 9.42. The minimum atomic E-state index is -4.01. The van der Waals surface area contributed by atoms with Crippen molar-refractivity contribution in [3.05, 3.63) is 91.5 Å². The van der Waals surface area contributed by atoms with Crippen LogP contribution in [0, 0.1) is 10.6 Å². The maximum Gasteiger partial charge on any atom is 0.275 e. The fourth-order valence-electron chi connectivity index (χ4n) is 5.56. The molecule has 4 aromatic rings. The fraction of sp³-hybridized carbons (Fsp3) is 0.231. The van der Waals surface area contributed by atoms with Crippen LogP contribution in [0.25, 0.3) is 10.9 Å². The molecule has 2 aromatic carbocycles. The number of halogens is 1. The summed E-state index contributed by atoms with van der Waals surface area (Å²) < 4.78 is 30.3. The molecule has 1 spiro atoms. The standard InChI is InChI=1S/C26H22IN3O4S/c1-15-8-10-16(11-9-15)35(33,34)30-22(27)12-17-18(14-28(2)24(31)23(17)30)20-13-26(20)19-6-4-5-7-21(19)29(3)25(26)32/h4-12,14,20H,13H2,1-3H3/t20-,26-/m0/s1. The van der Waals surface area contributed by atoms with E-state index in [4.69, 9.17) is 0 Å². The number of aryl methyl sites for hydroxylation is 2. The van der Waals surface area contributed by atoms with Crippen LogP contribution in [0.2, 0.25) is 0 Å². The Hall–Kier alpha value is -2.92. The number of amides is 1. The molecule has 2 aromatic heterocycles. The van der Waals surface area contributed by atoms with Crippen molar-refractivity contribution in [2.45, 2.75) is 29.6 Å². The minimum absolute atomic E-state index is 0.0344. The van der Waals surface area contributed by atoms with E-state index in [1.165, 1.54) is 4.57 Å². The normalized spacial score (nSPS) is 21.2. The van der Waals surface area contributed by atoms with Gasteiger partial charge in [-0.3, -0.25) is 9.59 Å². The van der Waals surface area contributed by atoms with E-state index in [9.17, 15) is 18.0 Å². The Labute approximate surface area is 216 Å². The summed E-state index contributed by atoms with van der Waals surface area (Å²) >= 11 is 1.97. The van der Waals surface area contributed by atoms with E-state index in [1.807, 2.05) is 53.8 Å². The predicted molar refractivity (Wildman–Crippen MR) is 143 cm³/mol. The third kappa shape index (κ3) is 2.91. The lowest BCUT2D eigenvalue weighted by atomic mass is 9.91. The molecule has 0 saturated heterocycles. The molecule has 2 atom stereocenters. The molecule has 1 saturated carbocycles. The smallest absolute Gasteiger partial charge is 0.275 e. The maximum atomic E-state index is 13.7. The van der Waals surface area contributed by atoms with Crippen LogP contribution in [0.1, 0.15) is 29.0 Å². The number of carbonyl (C=O) groups excluding carboxylic acids is 1. The van der Waals surface area contributed by atoms with Gasteiger partial charge < -0.3 is 9.47 Å². The first-order chi connectivity index (χ1) is 16.6. The van der Waals surface area contributed by atoms with E-state index in [-0.39, 0.29) is 22.2 Å². The van der Waals surface area contributed by atoms with Gasteiger partial charge >= 0.3 is 0 Å². The lowest BCUT2D eigenvalue weighted by Crippen LogP contribution is -2.29. The van der Waals surface area contributed by atoms with Crippen molar-refractivity contribution in [2.75, 3.05) is 11.9 Å². The summed E-state index contributed by atoms with van der Waals surface area (Å²) in [6, 6.07) is 16.1. The molecule has 1 amide bonds. The summed E-state index contributed by atoms with van der Waals surface area (Å²) in [5.41, 5.74) is 2.68. The molecule has 2 aliphatic rings. The van der Waals surface area contributed by atoms with Gasteiger partial charge in [0.15, 0.2) is 0 Å². The first-order valence-electron chi connectivity index (χ1n) is 11.2. The van der Waals surface area contributed by atoms with E-state index < -0.39 is 21.0 Å². The second kappa shape index (κ2) is 7.30. The van der Waals surface area contributed by atoms with Crippen molar-refractivity contribution in [1.82, 2.24) is 8.54 Å². The summed E-state index contributed by atoms with van der Waals surface area (Å²) in [4.78, 5) is 28.6. The number of carbonyl (C=O) groups is 1. The summed E-state index contributed by atoms with van der Waals surface area (Å²) in [5.74, 6) is -0.115. The summed E-state index contributed by atoms with van der Waals surface area (Å²) in [5, 5.41) is 0.579. The van der Waals surface area contributed by atoms with Crippen LogP contribution in [0.5, 0.6) is 0 Å². The average Bonchev–Trinajstić information content (AvgIpc) is 3.42. The summed E-state index contributed by atoms with van der Waals surface area (Å²) in [7, 11) is -0.595. The third-order valence-electron chi connectivity index (χ3n) is 7.41. The molecule has 9 heteroatoms. The average molecular weight is 599 g/mol. The first kappa shape index (κ1) is 22.5. The quantitative estimate of drug-likeness (QED) is 0.335. The van der Waals surface area contributed by atoms with E-state index in [2.05, 4.69) is 0 Å². The highest BCUT2D eigenvalue weighted by molar-refractivity contribution is 14.1. The number of para-hydroxylation sites is 1. The van der Waals surface area contributed by atoms with Crippen molar-refractivity contribution in [3.63, 3.8) is 0 Å². The number of pyridine rings is 1. The fourth-order valence-corrected chi connectivity index (χ4v) is 8.28. The Balaban J connectivity index is 1.58. The molecule has 35 heavy (non-hydrogen) atoms. The lowest BCUT2D eigenvalue weighted by Gasteiger charge is -2.14. The number of anilines is 1. The van der Waals surface area contributed by atoms with E-state index >= 15 is 0 Å². The summed E-state index contributed by atoms with van der Waals surface area (Å²) in [6.45, 7) is 1.89. The molecule has 7 nitrogen and oxygen atoms in total. The Morgan fingerprint density at radius 1 is 1.03 bits per heavy atom. The molecule has 1 fully saturated rings. The van der Waals surface area contributed by atoms with E-state index in [1.54, 1.807) is 55.5 Å². The Kier molecular flexibility index (Phi) is 4.70. The highest BCUT2D eigenvalue weighted by Gasteiger charge is 2.67. The third-order valence-corrected chi connectivity index (χ3v) is 10.3. The van der Waals surface area contributed by atoms with Gasteiger partial charge in [0.2, 0.25) is 5.91 Å². The molecule has 0 radical (unpaired) electrons. The van der Waals surface area contributed by atoms with Gasteiger partial charge in [0.05, 0.1) is 14.0 Å². The van der Waals surface area contributed by atoms with Gasteiger partial charge in [-0.1, -0.05) is 35.9 Å². The molecule has 178 valence electrons. The van der Waals surface area contributed by atoms with E-state index in [0.29, 0.717) is 15.5 Å². The highest BCUT2D eigenvalue weighted by Crippen LogP contribution is 2.66. The van der Waals surface area contributed by atoms with Crippen LogP contribution >= 0.6 is 22.6 Å². The van der Waals surface area contributed by atoms with Crippen molar-refractivity contribution in [2.24, 2.45) is 7.05 Å². The van der Waals surface area contributed by atoms with Gasteiger partial charge in [0.1, 0.15) is 5.52 Å². The zero-order valence-electron chi connectivity index (χ0n) is 19.3. The largest absolute Gasteiger partial charge is 0.316 e. The molecular weight excluding hydrogens is 577 g/mol. The van der Waals surface area contributed by atoms with Crippen molar-refractivity contribution < 1.29 is 13.2 Å². The van der Waals surface area contributed by atoms with Gasteiger partial charge in [-0.2, -0.15) is 0 Å². The Morgan fingerprint density at radius 3 is 2.43 bits per heavy atom. The van der Waals surface area contributed by atoms with Crippen LogP contribution < -0.4 is 10.5 Å². The number of hydrogen-bond acceptors (Lipinski definition) is 4. The minimum Gasteiger partial charge on any atom is -0.316 e. The number of hydrogen-bond donors (Lipinski definition) is 0. The van der Waals surface area contributed by atoms with E-state index in [0.717, 1.165) is 26.4 Å². The first-order valence-corrected chi connectivity index (χ1v) is 13.7.